The van der Waals surface area contributed by atoms with E-state index in [0.717, 1.165) is 5.56 Å². The molecular weight excluding hydrogens is 330 g/mol. The molecular formula is C16H15N3O2S2. The highest BCUT2D eigenvalue weighted by Gasteiger charge is 2.22. The number of aromatic nitrogens is 2. The molecule has 0 aliphatic rings. The van der Waals surface area contributed by atoms with E-state index in [1.807, 2.05) is 48.7 Å². The van der Waals surface area contributed by atoms with Crippen LogP contribution >= 0.6 is 23.1 Å². The second kappa shape index (κ2) is 6.55. The van der Waals surface area contributed by atoms with Gasteiger partial charge in [-0.3, -0.25) is 14.2 Å². The Morgan fingerprint density at radius 1 is 1.35 bits per heavy atom. The summed E-state index contributed by atoms with van der Waals surface area (Å²) in [7, 11) is 0. The van der Waals surface area contributed by atoms with Gasteiger partial charge >= 0.3 is 0 Å². The van der Waals surface area contributed by atoms with Gasteiger partial charge in [-0.15, -0.1) is 11.3 Å². The minimum absolute atomic E-state index is 0.0775. The van der Waals surface area contributed by atoms with Gasteiger partial charge in [0.2, 0.25) is 5.91 Å². The quantitative estimate of drug-likeness (QED) is 0.570. The predicted molar refractivity (Wildman–Crippen MR) is 93.8 cm³/mol. The first kappa shape index (κ1) is 15.8. The smallest absolute Gasteiger partial charge is 0.272 e. The van der Waals surface area contributed by atoms with Crippen LogP contribution in [-0.2, 0) is 11.3 Å². The molecule has 0 aliphatic carbocycles. The molecule has 5 nitrogen and oxygen atoms in total. The Morgan fingerprint density at radius 2 is 2.09 bits per heavy atom. The molecule has 2 aromatic heterocycles. The van der Waals surface area contributed by atoms with Crippen molar-refractivity contribution < 1.29 is 4.79 Å². The van der Waals surface area contributed by atoms with E-state index in [2.05, 4.69) is 4.98 Å². The number of carbonyl (C=O) groups is 1. The Labute approximate surface area is 141 Å². The molecule has 0 saturated carbocycles. The first-order valence-electron chi connectivity index (χ1n) is 7.10. The lowest BCUT2D eigenvalue weighted by molar-refractivity contribution is -0.117. The third-order valence-corrected chi connectivity index (χ3v) is 5.59. The van der Waals surface area contributed by atoms with Crippen LogP contribution in [0.1, 0.15) is 17.7 Å². The number of hydrogen-bond acceptors (Lipinski definition) is 5. The van der Waals surface area contributed by atoms with Crippen LogP contribution in [0.3, 0.4) is 0 Å². The Balaban J connectivity index is 2.08. The number of primary amides is 1. The number of amides is 1. The lowest BCUT2D eigenvalue weighted by Gasteiger charge is -2.16. The van der Waals surface area contributed by atoms with Crippen molar-refractivity contribution in [3.05, 3.63) is 57.7 Å². The number of thiophene rings is 1. The van der Waals surface area contributed by atoms with Crippen LogP contribution < -0.4 is 11.3 Å². The van der Waals surface area contributed by atoms with Crippen molar-refractivity contribution in [2.24, 2.45) is 5.73 Å². The van der Waals surface area contributed by atoms with Crippen LogP contribution in [0.2, 0.25) is 0 Å². The molecule has 7 heteroatoms. The minimum atomic E-state index is -0.586. The summed E-state index contributed by atoms with van der Waals surface area (Å²) in [5.74, 6) is -0.455. The minimum Gasteiger partial charge on any atom is -0.368 e. The number of rotatable bonds is 5. The van der Waals surface area contributed by atoms with E-state index in [1.54, 1.807) is 4.57 Å². The lowest BCUT2D eigenvalue weighted by atomic mass is 10.1. The Kier molecular flexibility index (Phi) is 4.49. The van der Waals surface area contributed by atoms with Crippen molar-refractivity contribution in [3.63, 3.8) is 0 Å². The van der Waals surface area contributed by atoms with E-state index >= 15 is 0 Å². The van der Waals surface area contributed by atoms with Crippen LogP contribution in [0.15, 0.2) is 51.7 Å². The molecule has 1 unspecified atom stereocenters. The highest BCUT2D eigenvalue weighted by atomic mass is 32.2. The highest BCUT2D eigenvalue weighted by molar-refractivity contribution is 8.00. The molecule has 3 rings (SSSR count). The second-order valence-electron chi connectivity index (χ2n) is 4.89. The van der Waals surface area contributed by atoms with Crippen molar-refractivity contribution in [3.8, 4) is 0 Å². The van der Waals surface area contributed by atoms with Crippen molar-refractivity contribution in [1.29, 1.82) is 0 Å². The van der Waals surface area contributed by atoms with Gasteiger partial charge in [0.1, 0.15) is 9.95 Å². The fourth-order valence-corrected chi connectivity index (χ4v) is 4.20. The molecule has 1 atom stereocenters. The summed E-state index contributed by atoms with van der Waals surface area (Å²) >= 11 is 2.59. The summed E-state index contributed by atoms with van der Waals surface area (Å²) in [6, 6.07) is 11.1. The molecule has 1 aromatic carbocycles. The number of thioether (sulfide) groups is 1. The molecule has 0 saturated heterocycles. The molecule has 2 heterocycles. The fraction of sp³-hybridized carbons (Fsp3) is 0.188. The molecule has 118 valence electrons. The Bertz CT molecular complexity index is 903. The van der Waals surface area contributed by atoms with Gasteiger partial charge < -0.3 is 5.73 Å². The molecule has 1 amide bonds. The van der Waals surface area contributed by atoms with Crippen LogP contribution in [0.25, 0.3) is 10.2 Å². The van der Waals surface area contributed by atoms with Crippen LogP contribution in [0, 0.1) is 0 Å². The summed E-state index contributed by atoms with van der Waals surface area (Å²) in [5, 5.41) is 1.77. The van der Waals surface area contributed by atoms with E-state index in [1.165, 1.54) is 23.1 Å². The van der Waals surface area contributed by atoms with Gasteiger partial charge in [0, 0.05) is 6.54 Å². The zero-order valence-electron chi connectivity index (χ0n) is 12.4. The number of fused-ring (bicyclic) bond motifs is 1. The monoisotopic (exact) mass is 345 g/mol. The van der Waals surface area contributed by atoms with Gasteiger partial charge in [0.25, 0.3) is 5.56 Å². The largest absolute Gasteiger partial charge is 0.368 e. The SMILES string of the molecule is CCn1c(SC(C(N)=O)c2ccccc2)nc2ccsc2c1=O. The molecule has 0 aliphatic heterocycles. The molecule has 0 fully saturated rings. The van der Waals surface area contributed by atoms with Crippen molar-refractivity contribution in [2.75, 3.05) is 0 Å². The maximum Gasteiger partial charge on any atom is 0.272 e. The molecule has 23 heavy (non-hydrogen) atoms. The first-order chi connectivity index (χ1) is 11.1. The number of nitrogens with two attached hydrogens (primary N) is 1. The zero-order valence-corrected chi connectivity index (χ0v) is 14.1. The van der Waals surface area contributed by atoms with Gasteiger partial charge in [0.15, 0.2) is 5.16 Å². The Morgan fingerprint density at radius 3 is 2.74 bits per heavy atom. The molecule has 2 N–H and O–H groups in total. The highest BCUT2D eigenvalue weighted by Crippen LogP contribution is 2.34. The van der Waals surface area contributed by atoms with Crippen molar-refractivity contribution >= 4 is 39.2 Å². The molecule has 3 aromatic rings. The van der Waals surface area contributed by atoms with Crippen LogP contribution in [0.5, 0.6) is 0 Å². The average Bonchev–Trinajstić information content (AvgIpc) is 3.02. The van der Waals surface area contributed by atoms with E-state index in [-0.39, 0.29) is 5.56 Å². The van der Waals surface area contributed by atoms with Gasteiger partial charge in [-0.2, -0.15) is 0 Å². The first-order valence-corrected chi connectivity index (χ1v) is 8.86. The lowest BCUT2D eigenvalue weighted by Crippen LogP contribution is -2.24. The Hall–Kier alpha value is -2.12. The summed E-state index contributed by atoms with van der Waals surface area (Å²) in [5.41, 5.74) is 6.94. The second-order valence-corrected chi connectivity index (χ2v) is 6.88. The molecule has 0 radical (unpaired) electrons. The summed E-state index contributed by atoms with van der Waals surface area (Å²) in [6.45, 7) is 2.37. The topological polar surface area (TPSA) is 78.0 Å². The van der Waals surface area contributed by atoms with E-state index < -0.39 is 11.2 Å². The fourth-order valence-electron chi connectivity index (χ4n) is 2.32. The zero-order chi connectivity index (χ0) is 16.4. The maximum atomic E-state index is 12.5. The van der Waals surface area contributed by atoms with Crippen molar-refractivity contribution in [2.45, 2.75) is 23.9 Å². The van der Waals surface area contributed by atoms with Crippen molar-refractivity contribution in [1.82, 2.24) is 9.55 Å². The third kappa shape index (κ3) is 3.02. The molecule has 0 spiro atoms. The number of hydrogen-bond donors (Lipinski definition) is 1. The maximum absolute atomic E-state index is 12.5. The van der Waals surface area contributed by atoms with Gasteiger partial charge in [0.05, 0.1) is 5.52 Å². The number of benzene rings is 1. The summed E-state index contributed by atoms with van der Waals surface area (Å²) < 4.78 is 2.22. The summed E-state index contributed by atoms with van der Waals surface area (Å²) in [4.78, 5) is 29.0. The van der Waals surface area contributed by atoms with Gasteiger partial charge in [-0.1, -0.05) is 42.1 Å². The van der Waals surface area contributed by atoms with E-state index in [4.69, 9.17) is 5.73 Å². The van der Waals surface area contributed by atoms with Gasteiger partial charge in [-0.25, -0.2) is 4.98 Å². The molecule has 0 bridgehead atoms. The summed E-state index contributed by atoms with van der Waals surface area (Å²) in [6.07, 6.45) is 0. The van der Waals surface area contributed by atoms with E-state index in [0.29, 0.717) is 21.9 Å². The van der Waals surface area contributed by atoms with Crippen LogP contribution in [-0.4, -0.2) is 15.5 Å². The number of carbonyl (C=O) groups excluding carboxylic acids is 1. The van der Waals surface area contributed by atoms with Gasteiger partial charge in [-0.05, 0) is 23.9 Å². The third-order valence-electron chi connectivity index (χ3n) is 3.43. The average molecular weight is 345 g/mol. The normalized spacial score (nSPS) is 12.4. The van der Waals surface area contributed by atoms with Crippen LogP contribution in [0.4, 0.5) is 0 Å². The number of nitrogens with zero attached hydrogens (tertiary/aromatic N) is 2. The standard InChI is InChI=1S/C16H15N3O2S2/c1-2-19-15(21)13-11(8-9-22-13)18-16(19)23-12(14(17)20)10-6-4-3-5-7-10/h3-9,12H,2H2,1H3,(H2,17,20). The predicted octanol–water partition coefficient (Wildman–Crippen LogP) is 2.80. The van der Waals surface area contributed by atoms with E-state index in [9.17, 15) is 9.59 Å².